The van der Waals surface area contributed by atoms with Crippen LogP contribution in [0.3, 0.4) is 0 Å². The largest absolute Gasteiger partial charge is 0.508 e. The lowest BCUT2D eigenvalue weighted by atomic mass is 10.1. The molecule has 0 amide bonds. The van der Waals surface area contributed by atoms with Crippen LogP contribution in [0.15, 0.2) is 39.0 Å². The van der Waals surface area contributed by atoms with Crippen LogP contribution >= 0.6 is 0 Å². The number of imidazole rings is 1. The van der Waals surface area contributed by atoms with Crippen molar-refractivity contribution in [2.75, 3.05) is 5.43 Å². The van der Waals surface area contributed by atoms with Gasteiger partial charge in [-0.25, -0.2) is 10.2 Å². The van der Waals surface area contributed by atoms with E-state index in [0.717, 1.165) is 10.1 Å². The Labute approximate surface area is 148 Å². The maximum atomic E-state index is 12.5. The van der Waals surface area contributed by atoms with Crippen LogP contribution in [0.25, 0.3) is 11.2 Å². The van der Waals surface area contributed by atoms with Gasteiger partial charge in [0.05, 0.1) is 5.71 Å². The van der Waals surface area contributed by atoms with Crippen molar-refractivity contribution in [1.29, 1.82) is 0 Å². The van der Waals surface area contributed by atoms with Crippen LogP contribution in [0.2, 0.25) is 0 Å². The number of aromatic nitrogens is 4. The molecule has 3 rings (SSSR count). The maximum Gasteiger partial charge on any atom is 0.332 e. The molecule has 0 bridgehead atoms. The average molecular weight is 356 g/mol. The molecule has 2 heterocycles. The smallest absolute Gasteiger partial charge is 0.332 e. The molecule has 9 heteroatoms. The fourth-order valence-electron chi connectivity index (χ4n) is 2.74. The van der Waals surface area contributed by atoms with Gasteiger partial charge >= 0.3 is 5.69 Å². The molecule has 0 unspecified atom stereocenters. The Morgan fingerprint density at radius 3 is 2.46 bits per heavy atom. The Balaban J connectivity index is 2.08. The molecule has 0 aliphatic rings. The molecule has 0 saturated heterocycles. The summed E-state index contributed by atoms with van der Waals surface area (Å²) in [5.41, 5.74) is 4.21. The highest BCUT2D eigenvalue weighted by Crippen LogP contribution is 2.16. The Morgan fingerprint density at radius 2 is 1.85 bits per heavy atom. The van der Waals surface area contributed by atoms with Crippen LogP contribution in [0.5, 0.6) is 5.75 Å². The molecule has 136 valence electrons. The van der Waals surface area contributed by atoms with Crippen molar-refractivity contribution in [2.24, 2.45) is 19.2 Å². The van der Waals surface area contributed by atoms with Crippen LogP contribution in [0, 0.1) is 0 Å². The third-order valence-electron chi connectivity index (χ3n) is 4.27. The number of benzene rings is 1. The monoisotopic (exact) mass is 356 g/mol. The summed E-state index contributed by atoms with van der Waals surface area (Å²) in [6.45, 7) is 4.18. The predicted octanol–water partition coefficient (Wildman–Crippen LogP) is 0.995. The Hall–Kier alpha value is -3.36. The fraction of sp³-hybridized carbons (Fsp3) is 0.294. The lowest BCUT2D eigenvalue weighted by molar-refractivity contribution is 0.475. The van der Waals surface area contributed by atoms with E-state index >= 15 is 0 Å². The molecule has 0 fully saturated rings. The van der Waals surface area contributed by atoms with E-state index in [2.05, 4.69) is 15.5 Å². The highest BCUT2D eigenvalue weighted by molar-refractivity contribution is 5.99. The first-order valence-corrected chi connectivity index (χ1v) is 8.11. The molecule has 1 aromatic carbocycles. The topological polar surface area (TPSA) is 106 Å². The van der Waals surface area contributed by atoms with Gasteiger partial charge in [0.25, 0.3) is 5.56 Å². The van der Waals surface area contributed by atoms with Gasteiger partial charge in [0.15, 0.2) is 11.2 Å². The SMILES string of the molecule is CCn1c(NN=C(C)c2ccc(O)cc2)nc2c1c(=O)n(C)c(=O)n2C. The second-order valence-corrected chi connectivity index (χ2v) is 5.91. The van der Waals surface area contributed by atoms with Crippen LogP contribution in [0.4, 0.5) is 5.95 Å². The molecular weight excluding hydrogens is 336 g/mol. The van der Waals surface area contributed by atoms with Crippen molar-refractivity contribution in [3.63, 3.8) is 0 Å². The molecule has 0 aliphatic carbocycles. The summed E-state index contributed by atoms with van der Waals surface area (Å²) < 4.78 is 4.08. The van der Waals surface area contributed by atoms with E-state index in [-0.39, 0.29) is 5.75 Å². The van der Waals surface area contributed by atoms with Crippen molar-refractivity contribution in [3.8, 4) is 5.75 Å². The third kappa shape index (κ3) is 2.77. The summed E-state index contributed by atoms with van der Waals surface area (Å²) in [5, 5.41) is 13.7. The van der Waals surface area contributed by atoms with Gasteiger partial charge in [-0.1, -0.05) is 0 Å². The summed E-state index contributed by atoms with van der Waals surface area (Å²) in [6, 6.07) is 6.65. The van der Waals surface area contributed by atoms with E-state index < -0.39 is 11.2 Å². The summed E-state index contributed by atoms with van der Waals surface area (Å²) >= 11 is 0. The van der Waals surface area contributed by atoms with Crippen LogP contribution in [0.1, 0.15) is 19.4 Å². The van der Waals surface area contributed by atoms with Crippen molar-refractivity contribution < 1.29 is 5.11 Å². The Bertz CT molecular complexity index is 1120. The predicted molar refractivity (Wildman–Crippen MR) is 99.8 cm³/mol. The number of phenolic OH excluding ortho intramolecular Hbond substituents is 1. The lowest BCUT2D eigenvalue weighted by Gasteiger charge is -2.07. The van der Waals surface area contributed by atoms with Crippen LogP contribution in [-0.2, 0) is 20.6 Å². The number of aromatic hydroxyl groups is 1. The first-order valence-electron chi connectivity index (χ1n) is 8.11. The maximum absolute atomic E-state index is 12.5. The number of hydrogen-bond acceptors (Lipinski definition) is 6. The number of anilines is 1. The molecule has 26 heavy (non-hydrogen) atoms. The number of rotatable bonds is 4. The second-order valence-electron chi connectivity index (χ2n) is 5.91. The van der Waals surface area contributed by atoms with Crippen LogP contribution < -0.4 is 16.7 Å². The fourth-order valence-corrected chi connectivity index (χ4v) is 2.74. The summed E-state index contributed by atoms with van der Waals surface area (Å²) in [6.07, 6.45) is 0. The zero-order valence-electron chi connectivity index (χ0n) is 15.0. The first-order chi connectivity index (χ1) is 12.3. The summed E-state index contributed by atoms with van der Waals surface area (Å²) in [5.74, 6) is 0.554. The molecule has 0 radical (unpaired) electrons. The molecule has 3 aromatic rings. The number of nitrogens with one attached hydrogen (secondary N) is 1. The average Bonchev–Trinajstić information content (AvgIpc) is 3.02. The molecular formula is C17H20N6O3. The quantitative estimate of drug-likeness (QED) is 0.536. The van der Waals surface area contributed by atoms with Gasteiger partial charge in [0.1, 0.15) is 5.75 Å². The number of phenols is 1. The zero-order valence-corrected chi connectivity index (χ0v) is 15.0. The van der Waals surface area contributed by atoms with E-state index in [9.17, 15) is 14.7 Å². The highest BCUT2D eigenvalue weighted by Gasteiger charge is 2.18. The van der Waals surface area contributed by atoms with Crippen molar-refractivity contribution in [2.45, 2.75) is 20.4 Å². The Morgan fingerprint density at radius 1 is 1.19 bits per heavy atom. The minimum absolute atomic E-state index is 0.180. The van der Waals surface area contributed by atoms with E-state index in [1.165, 1.54) is 11.6 Å². The molecule has 0 atom stereocenters. The molecule has 2 N–H and O–H groups in total. The summed E-state index contributed by atoms with van der Waals surface area (Å²) in [7, 11) is 3.02. The lowest BCUT2D eigenvalue weighted by Crippen LogP contribution is -2.37. The van der Waals surface area contributed by atoms with E-state index in [1.807, 2.05) is 13.8 Å². The minimum atomic E-state index is -0.432. The van der Waals surface area contributed by atoms with Crippen molar-refractivity contribution >= 4 is 22.8 Å². The summed E-state index contributed by atoms with van der Waals surface area (Å²) in [4.78, 5) is 29.0. The first kappa shape index (κ1) is 17.5. The van der Waals surface area contributed by atoms with Gasteiger partial charge in [0.2, 0.25) is 5.95 Å². The molecule has 0 spiro atoms. The number of fused-ring (bicyclic) bond motifs is 1. The van der Waals surface area contributed by atoms with Crippen molar-refractivity contribution in [1.82, 2.24) is 18.7 Å². The third-order valence-corrected chi connectivity index (χ3v) is 4.27. The van der Waals surface area contributed by atoms with Crippen molar-refractivity contribution in [3.05, 3.63) is 50.7 Å². The number of hydrogen-bond donors (Lipinski definition) is 2. The van der Waals surface area contributed by atoms with Crippen LogP contribution in [-0.4, -0.2) is 29.5 Å². The second kappa shape index (κ2) is 6.51. The van der Waals surface area contributed by atoms with Gasteiger partial charge in [-0.3, -0.25) is 13.9 Å². The molecule has 0 aliphatic heterocycles. The van der Waals surface area contributed by atoms with E-state index in [1.54, 1.807) is 35.9 Å². The number of aryl methyl sites for hydroxylation is 2. The highest BCUT2D eigenvalue weighted by atomic mass is 16.3. The van der Waals surface area contributed by atoms with E-state index in [4.69, 9.17) is 0 Å². The zero-order chi connectivity index (χ0) is 19.0. The molecule has 9 nitrogen and oxygen atoms in total. The number of nitrogens with zero attached hydrogens (tertiary/aromatic N) is 5. The molecule has 0 saturated carbocycles. The normalized spacial score (nSPS) is 11.9. The van der Waals surface area contributed by atoms with Gasteiger partial charge in [-0.05, 0) is 43.7 Å². The van der Waals surface area contributed by atoms with E-state index in [0.29, 0.717) is 29.4 Å². The Kier molecular flexibility index (Phi) is 4.37. The standard InChI is InChI=1S/C17H20N6O3/c1-5-23-13-14(21(3)17(26)22(4)15(13)25)18-16(23)20-19-10(2)11-6-8-12(24)9-7-11/h6-9,24H,5H2,1-4H3,(H,18,20). The van der Waals surface area contributed by atoms with Gasteiger partial charge in [-0.2, -0.15) is 10.1 Å². The van der Waals surface area contributed by atoms with Gasteiger partial charge in [0, 0.05) is 20.6 Å². The minimum Gasteiger partial charge on any atom is -0.508 e. The van der Waals surface area contributed by atoms with Gasteiger partial charge < -0.3 is 9.67 Å². The number of hydrazone groups is 1. The molecule has 2 aromatic heterocycles. The van der Waals surface area contributed by atoms with Gasteiger partial charge in [-0.15, -0.1) is 0 Å².